The van der Waals surface area contributed by atoms with Crippen LogP contribution in [-0.4, -0.2) is 64.6 Å². The number of alkyl halides is 3. The van der Waals surface area contributed by atoms with Crippen LogP contribution in [0.15, 0.2) is 23.2 Å². The van der Waals surface area contributed by atoms with Crippen LogP contribution < -0.4 is 20.1 Å². The molecule has 0 atom stereocenters. The van der Waals surface area contributed by atoms with Gasteiger partial charge in [-0.25, -0.2) is 8.42 Å². The maximum absolute atomic E-state index is 12.7. The molecule has 0 spiro atoms. The van der Waals surface area contributed by atoms with Crippen molar-refractivity contribution in [3.63, 3.8) is 0 Å². The molecule has 1 aromatic rings. The summed E-state index contributed by atoms with van der Waals surface area (Å²) in [6.07, 6.45) is 0.469. The second-order valence-electron chi connectivity index (χ2n) is 6.35. The maximum Gasteiger partial charge on any atom is 0.511 e. The molecule has 8 nitrogen and oxygen atoms in total. The van der Waals surface area contributed by atoms with Crippen LogP contribution in [0.25, 0.3) is 0 Å². The Labute approximate surface area is 168 Å². The van der Waals surface area contributed by atoms with Crippen molar-refractivity contribution in [1.29, 1.82) is 0 Å². The first-order valence-electron chi connectivity index (χ1n) is 8.87. The van der Waals surface area contributed by atoms with E-state index in [4.69, 9.17) is 9.47 Å². The third-order valence-corrected chi connectivity index (χ3v) is 6.21. The van der Waals surface area contributed by atoms with Gasteiger partial charge in [-0.1, -0.05) is 12.1 Å². The minimum atomic E-state index is -5.28. The van der Waals surface area contributed by atoms with Gasteiger partial charge in [0.2, 0.25) is 0 Å². The molecule has 0 amide bonds. The summed E-state index contributed by atoms with van der Waals surface area (Å²) in [5.74, 6) is 1.63. The van der Waals surface area contributed by atoms with Crippen LogP contribution in [0.4, 0.5) is 13.2 Å². The first kappa shape index (κ1) is 23.1. The first-order valence-corrected chi connectivity index (χ1v) is 10.3. The first-order chi connectivity index (χ1) is 13.6. The molecule has 0 saturated carbocycles. The Morgan fingerprint density at radius 2 is 1.90 bits per heavy atom. The van der Waals surface area contributed by atoms with Gasteiger partial charge in [-0.3, -0.25) is 4.99 Å². The van der Waals surface area contributed by atoms with E-state index in [0.717, 1.165) is 5.56 Å². The van der Waals surface area contributed by atoms with Crippen molar-refractivity contribution < 1.29 is 31.1 Å². The Morgan fingerprint density at radius 3 is 2.41 bits per heavy atom. The van der Waals surface area contributed by atoms with Crippen molar-refractivity contribution in [2.75, 3.05) is 34.4 Å². The lowest BCUT2D eigenvalue weighted by Crippen LogP contribution is -2.51. The Hall–Kier alpha value is -2.21. The summed E-state index contributed by atoms with van der Waals surface area (Å²) in [6.45, 7) is -0.0399. The SMILES string of the molecule is CN=C(NCc1cccc(OC)c1OC)NC1CCN(S(=O)(=O)C(F)(F)F)CC1. The van der Waals surface area contributed by atoms with Gasteiger partial charge in [-0.05, 0) is 18.9 Å². The quantitative estimate of drug-likeness (QED) is 0.519. The standard InChI is InChI=1S/C17H25F3N4O4S/c1-21-16(22-11-12-5-4-6-14(27-2)15(12)28-3)23-13-7-9-24(10-8-13)29(25,26)17(18,19)20/h4-6,13H,7-11H2,1-3H3,(H2,21,22,23). The van der Waals surface area contributed by atoms with Gasteiger partial charge in [0.05, 0.1) is 14.2 Å². The highest BCUT2D eigenvalue weighted by Crippen LogP contribution is 2.31. The fraction of sp³-hybridized carbons (Fsp3) is 0.588. The summed E-state index contributed by atoms with van der Waals surface area (Å²) in [5.41, 5.74) is -4.44. The molecule has 2 rings (SSSR count). The number of guanidine groups is 1. The van der Waals surface area contributed by atoms with Gasteiger partial charge in [0.25, 0.3) is 0 Å². The minimum absolute atomic E-state index is 0.201. The summed E-state index contributed by atoms with van der Waals surface area (Å²) < 4.78 is 72.1. The number of ether oxygens (including phenoxy) is 2. The van der Waals surface area contributed by atoms with Crippen LogP contribution >= 0.6 is 0 Å². The van der Waals surface area contributed by atoms with E-state index >= 15 is 0 Å². The van der Waals surface area contributed by atoms with Crippen molar-refractivity contribution in [1.82, 2.24) is 14.9 Å². The smallest absolute Gasteiger partial charge is 0.493 e. The van der Waals surface area contributed by atoms with Gasteiger partial charge in [-0.2, -0.15) is 17.5 Å². The van der Waals surface area contributed by atoms with Crippen molar-refractivity contribution >= 4 is 16.0 Å². The predicted molar refractivity (Wildman–Crippen MR) is 102 cm³/mol. The van der Waals surface area contributed by atoms with E-state index in [1.165, 1.54) is 7.11 Å². The number of aliphatic imine (C=N–C) groups is 1. The number of halogens is 3. The molecule has 0 aliphatic carbocycles. The van der Waals surface area contributed by atoms with Gasteiger partial charge in [0, 0.05) is 38.3 Å². The number of hydrogen-bond acceptors (Lipinski definition) is 5. The van der Waals surface area contributed by atoms with Crippen LogP contribution in [0.3, 0.4) is 0 Å². The Morgan fingerprint density at radius 1 is 1.24 bits per heavy atom. The molecular weight excluding hydrogens is 413 g/mol. The monoisotopic (exact) mass is 438 g/mol. The number of benzene rings is 1. The van der Waals surface area contributed by atoms with Crippen molar-refractivity contribution in [2.24, 2.45) is 4.99 Å². The van der Waals surface area contributed by atoms with Crippen LogP contribution in [0, 0.1) is 0 Å². The largest absolute Gasteiger partial charge is 0.511 e. The summed E-state index contributed by atoms with van der Waals surface area (Å²) in [7, 11) is -0.631. The number of para-hydroxylation sites is 1. The normalized spacial score (nSPS) is 17.1. The number of nitrogens with zero attached hydrogens (tertiary/aromatic N) is 2. The summed E-state index contributed by atoms with van der Waals surface area (Å²) in [6, 6.07) is 5.26. The van der Waals surface area contributed by atoms with Crippen molar-refractivity contribution in [3.05, 3.63) is 23.8 Å². The Bertz CT molecular complexity index is 822. The van der Waals surface area contributed by atoms with Crippen LogP contribution in [0.1, 0.15) is 18.4 Å². The fourth-order valence-electron chi connectivity index (χ4n) is 3.05. The number of piperidine rings is 1. The second kappa shape index (κ2) is 9.53. The molecule has 0 unspecified atom stereocenters. The number of sulfonamides is 1. The van der Waals surface area contributed by atoms with E-state index in [0.29, 0.717) is 28.3 Å². The molecule has 1 aliphatic heterocycles. The zero-order valence-corrected chi connectivity index (χ0v) is 17.2. The highest BCUT2D eigenvalue weighted by atomic mass is 32.2. The molecule has 0 bridgehead atoms. The minimum Gasteiger partial charge on any atom is -0.493 e. The molecule has 1 saturated heterocycles. The molecule has 0 aromatic heterocycles. The summed E-state index contributed by atoms with van der Waals surface area (Å²) in [4.78, 5) is 4.11. The number of nitrogens with one attached hydrogen (secondary N) is 2. The molecule has 1 aliphatic rings. The lowest BCUT2D eigenvalue weighted by Gasteiger charge is -2.32. The third-order valence-electron chi connectivity index (χ3n) is 4.58. The zero-order chi connectivity index (χ0) is 21.7. The van der Waals surface area contributed by atoms with E-state index in [1.54, 1.807) is 20.2 Å². The van der Waals surface area contributed by atoms with Crippen molar-refractivity contribution in [3.8, 4) is 11.5 Å². The lowest BCUT2D eigenvalue weighted by molar-refractivity contribution is -0.0494. The molecule has 164 valence electrons. The highest BCUT2D eigenvalue weighted by molar-refractivity contribution is 7.90. The van der Waals surface area contributed by atoms with E-state index < -0.39 is 15.5 Å². The Kier molecular flexibility index (Phi) is 7.58. The molecule has 1 heterocycles. The maximum atomic E-state index is 12.7. The molecule has 1 aromatic carbocycles. The summed E-state index contributed by atoms with van der Waals surface area (Å²) >= 11 is 0. The summed E-state index contributed by atoms with van der Waals surface area (Å²) in [5, 5.41) is 6.23. The van der Waals surface area contributed by atoms with Crippen LogP contribution in [0.5, 0.6) is 11.5 Å². The molecule has 1 fully saturated rings. The average Bonchev–Trinajstić information content (AvgIpc) is 2.70. The van der Waals surface area contributed by atoms with Gasteiger partial charge < -0.3 is 20.1 Å². The zero-order valence-electron chi connectivity index (χ0n) is 16.4. The molecule has 2 N–H and O–H groups in total. The Balaban J connectivity index is 1.93. The second-order valence-corrected chi connectivity index (χ2v) is 8.28. The topological polar surface area (TPSA) is 92.3 Å². The third kappa shape index (κ3) is 5.44. The molecule has 29 heavy (non-hydrogen) atoms. The number of rotatable bonds is 6. The van der Waals surface area contributed by atoms with E-state index in [-0.39, 0.29) is 32.0 Å². The molecular formula is C17H25F3N4O4S. The van der Waals surface area contributed by atoms with E-state index in [1.807, 2.05) is 12.1 Å². The number of hydrogen-bond donors (Lipinski definition) is 2. The van der Waals surface area contributed by atoms with Crippen molar-refractivity contribution in [2.45, 2.75) is 30.9 Å². The number of methoxy groups -OCH3 is 2. The average molecular weight is 438 g/mol. The van der Waals surface area contributed by atoms with Crippen LogP contribution in [0.2, 0.25) is 0 Å². The van der Waals surface area contributed by atoms with E-state index in [9.17, 15) is 21.6 Å². The molecule has 12 heteroatoms. The van der Waals surface area contributed by atoms with Gasteiger partial charge in [0.1, 0.15) is 0 Å². The van der Waals surface area contributed by atoms with Gasteiger partial charge >= 0.3 is 15.5 Å². The van der Waals surface area contributed by atoms with Gasteiger partial charge in [0.15, 0.2) is 17.5 Å². The lowest BCUT2D eigenvalue weighted by atomic mass is 10.1. The molecule has 0 radical (unpaired) electrons. The predicted octanol–water partition coefficient (Wildman–Crippen LogP) is 1.68. The van der Waals surface area contributed by atoms with Crippen LogP contribution in [-0.2, 0) is 16.6 Å². The fourth-order valence-corrected chi connectivity index (χ4v) is 4.03. The highest BCUT2D eigenvalue weighted by Gasteiger charge is 2.50. The van der Waals surface area contributed by atoms with Gasteiger partial charge in [-0.15, -0.1) is 0 Å². The van der Waals surface area contributed by atoms with E-state index in [2.05, 4.69) is 15.6 Å².